The summed E-state index contributed by atoms with van der Waals surface area (Å²) in [7, 11) is 0. The van der Waals surface area contributed by atoms with E-state index in [4.69, 9.17) is 17.3 Å². The highest BCUT2D eigenvalue weighted by Crippen LogP contribution is 2.28. The molecular weight excluding hydrogens is 236 g/mol. The molecule has 1 saturated heterocycles. The molecule has 4 nitrogen and oxygen atoms in total. The molecule has 1 atom stereocenters. The third kappa shape index (κ3) is 2.87. The van der Waals surface area contributed by atoms with Gasteiger partial charge in [0.2, 0.25) is 0 Å². The normalized spacial score (nSPS) is 22.0. The quantitative estimate of drug-likeness (QED) is 0.880. The van der Waals surface area contributed by atoms with Gasteiger partial charge < -0.3 is 10.6 Å². The van der Waals surface area contributed by atoms with Crippen LogP contribution in [0.3, 0.4) is 0 Å². The van der Waals surface area contributed by atoms with Crippen LogP contribution < -0.4 is 5.73 Å². The Morgan fingerprint density at radius 1 is 1.47 bits per heavy atom. The molecule has 2 rings (SSSR count). The molecule has 0 saturated carbocycles. The van der Waals surface area contributed by atoms with Crippen LogP contribution >= 0.6 is 11.6 Å². The molecule has 5 heteroatoms. The Morgan fingerprint density at radius 2 is 2.24 bits per heavy atom. The molecule has 94 valence electrons. The molecule has 1 unspecified atom stereocenters. The Bertz CT molecular complexity index is 394. The van der Waals surface area contributed by atoms with Crippen molar-refractivity contribution in [3.05, 3.63) is 16.8 Å². The summed E-state index contributed by atoms with van der Waals surface area (Å²) in [6, 6.07) is 2.44. The largest absolute Gasteiger partial charge is 0.381 e. The predicted octanol–water partition coefficient (Wildman–Crippen LogP) is 2.30. The molecule has 0 bridgehead atoms. The van der Waals surface area contributed by atoms with Gasteiger partial charge in [-0.05, 0) is 39.3 Å². The lowest BCUT2D eigenvalue weighted by Gasteiger charge is -2.35. The van der Waals surface area contributed by atoms with Gasteiger partial charge in [0.1, 0.15) is 0 Å². The van der Waals surface area contributed by atoms with Crippen molar-refractivity contribution in [2.75, 3.05) is 18.8 Å². The van der Waals surface area contributed by atoms with Crippen molar-refractivity contribution < 1.29 is 0 Å². The number of likely N-dealkylation sites (tertiary alicyclic amines) is 1. The van der Waals surface area contributed by atoms with E-state index in [1.807, 2.05) is 6.07 Å². The average molecular weight is 255 g/mol. The summed E-state index contributed by atoms with van der Waals surface area (Å²) in [5.41, 5.74) is 6.54. The van der Waals surface area contributed by atoms with E-state index < -0.39 is 0 Å². The fraction of sp³-hybridized carbons (Fsp3) is 0.667. The van der Waals surface area contributed by atoms with Crippen LogP contribution in [0.15, 0.2) is 6.07 Å². The van der Waals surface area contributed by atoms with E-state index in [2.05, 4.69) is 28.9 Å². The second-order valence-electron chi connectivity index (χ2n) is 4.93. The molecule has 2 N–H and O–H groups in total. The highest BCUT2D eigenvalue weighted by Gasteiger charge is 2.24. The first-order valence-electron chi connectivity index (χ1n) is 6.10. The summed E-state index contributed by atoms with van der Waals surface area (Å²) in [6.07, 6.45) is 2.35. The maximum Gasteiger partial charge on any atom is 0.164 e. The number of nitrogen functional groups attached to an aromatic ring is 1. The zero-order valence-corrected chi connectivity index (χ0v) is 11.1. The van der Waals surface area contributed by atoms with Crippen molar-refractivity contribution in [3.63, 3.8) is 0 Å². The molecule has 1 aliphatic heterocycles. The highest BCUT2D eigenvalue weighted by molar-refractivity contribution is 6.32. The molecule has 0 aliphatic carbocycles. The maximum absolute atomic E-state index is 5.99. The molecule has 1 aromatic heterocycles. The number of nitrogens with zero attached hydrogens (tertiary/aromatic N) is 3. The first-order valence-corrected chi connectivity index (χ1v) is 6.48. The number of anilines is 1. The van der Waals surface area contributed by atoms with Gasteiger partial charge in [0.05, 0.1) is 10.7 Å². The summed E-state index contributed by atoms with van der Waals surface area (Å²) < 4.78 is 0. The number of aromatic nitrogens is 2. The van der Waals surface area contributed by atoms with Crippen LogP contribution in [0.5, 0.6) is 0 Å². The van der Waals surface area contributed by atoms with Gasteiger partial charge >= 0.3 is 0 Å². The van der Waals surface area contributed by atoms with Crippen molar-refractivity contribution in [1.29, 1.82) is 0 Å². The van der Waals surface area contributed by atoms with Crippen LogP contribution in [0.2, 0.25) is 5.02 Å². The van der Waals surface area contributed by atoms with Crippen LogP contribution in [0.25, 0.3) is 0 Å². The first-order chi connectivity index (χ1) is 8.08. The van der Waals surface area contributed by atoms with E-state index >= 15 is 0 Å². The minimum Gasteiger partial charge on any atom is -0.381 e. The summed E-state index contributed by atoms with van der Waals surface area (Å²) in [4.78, 5) is 2.47. The second kappa shape index (κ2) is 5.19. The molecule has 0 radical (unpaired) electrons. The van der Waals surface area contributed by atoms with Crippen LogP contribution in [-0.2, 0) is 0 Å². The summed E-state index contributed by atoms with van der Waals surface area (Å²) in [5.74, 6) is 0.740. The smallest absolute Gasteiger partial charge is 0.164 e. The second-order valence-corrected chi connectivity index (χ2v) is 5.34. The summed E-state index contributed by atoms with van der Waals surface area (Å²) >= 11 is 5.99. The zero-order valence-electron chi connectivity index (χ0n) is 10.4. The summed E-state index contributed by atoms with van der Waals surface area (Å²) in [5, 5.41) is 8.58. The van der Waals surface area contributed by atoms with Gasteiger partial charge in [0, 0.05) is 18.5 Å². The highest BCUT2D eigenvalue weighted by atomic mass is 35.5. The standard InChI is InChI=1S/C12H19ClN4/c1-8(2)17-5-3-4-9(7-17)11-6-10(13)12(14)16-15-11/h6,8-9H,3-5,7H2,1-2H3,(H2,14,16). The number of piperidine rings is 1. The zero-order chi connectivity index (χ0) is 12.4. The van der Waals surface area contributed by atoms with E-state index in [0.717, 1.165) is 18.7 Å². The molecule has 0 spiro atoms. The lowest BCUT2D eigenvalue weighted by Crippen LogP contribution is -2.39. The number of nitrogens with two attached hydrogens (primary N) is 1. The Morgan fingerprint density at radius 3 is 2.88 bits per heavy atom. The molecular formula is C12H19ClN4. The van der Waals surface area contributed by atoms with Crippen LogP contribution in [0.4, 0.5) is 5.82 Å². The fourth-order valence-corrected chi connectivity index (χ4v) is 2.46. The Kier molecular flexibility index (Phi) is 3.84. The molecule has 1 aliphatic rings. The first kappa shape index (κ1) is 12.6. The van der Waals surface area contributed by atoms with E-state index in [1.54, 1.807) is 0 Å². The van der Waals surface area contributed by atoms with Crippen molar-refractivity contribution >= 4 is 17.4 Å². The predicted molar refractivity (Wildman–Crippen MR) is 70.1 cm³/mol. The Labute approximate surface area is 107 Å². The topological polar surface area (TPSA) is 55.0 Å². The van der Waals surface area contributed by atoms with Crippen molar-refractivity contribution in [2.24, 2.45) is 0 Å². The van der Waals surface area contributed by atoms with Crippen LogP contribution in [0, 0.1) is 0 Å². The van der Waals surface area contributed by atoms with E-state index in [-0.39, 0.29) is 0 Å². The number of hydrogen-bond acceptors (Lipinski definition) is 4. The van der Waals surface area contributed by atoms with Crippen LogP contribution in [0.1, 0.15) is 38.3 Å². The van der Waals surface area contributed by atoms with Crippen LogP contribution in [-0.4, -0.2) is 34.2 Å². The summed E-state index contributed by atoms with van der Waals surface area (Å²) in [6.45, 7) is 6.66. The van der Waals surface area contributed by atoms with E-state index in [1.165, 1.54) is 13.0 Å². The van der Waals surface area contributed by atoms with Crippen molar-refractivity contribution in [3.8, 4) is 0 Å². The van der Waals surface area contributed by atoms with Crippen molar-refractivity contribution in [1.82, 2.24) is 15.1 Å². The molecule has 2 heterocycles. The van der Waals surface area contributed by atoms with Gasteiger partial charge in [-0.2, -0.15) is 5.10 Å². The minimum absolute atomic E-state index is 0.312. The van der Waals surface area contributed by atoms with E-state index in [9.17, 15) is 0 Å². The van der Waals surface area contributed by atoms with Gasteiger partial charge in [-0.25, -0.2) is 0 Å². The fourth-order valence-electron chi connectivity index (χ4n) is 2.31. The van der Waals surface area contributed by atoms with Gasteiger partial charge in [0.15, 0.2) is 5.82 Å². The number of rotatable bonds is 2. The molecule has 0 aromatic carbocycles. The lowest BCUT2D eigenvalue weighted by molar-refractivity contribution is 0.166. The molecule has 1 fully saturated rings. The van der Waals surface area contributed by atoms with Crippen molar-refractivity contribution in [2.45, 2.75) is 38.6 Å². The molecule has 17 heavy (non-hydrogen) atoms. The molecule has 1 aromatic rings. The van der Waals surface area contributed by atoms with E-state index in [0.29, 0.717) is 22.8 Å². The third-order valence-corrected chi connectivity index (χ3v) is 3.70. The molecule has 0 amide bonds. The van der Waals surface area contributed by atoms with Gasteiger partial charge in [-0.3, -0.25) is 0 Å². The lowest BCUT2D eigenvalue weighted by atomic mass is 9.94. The van der Waals surface area contributed by atoms with Gasteiger partial charge in [0.25, 0.3) is 0 Å². The minimum atomic E-state index is 0.312. The SMILES string of the molecule is CC(C)N1CCCC(c2cc(Cl)c(N)nn2)C1. The maximum atomic E-state index is 5.99. The third-order valence-electron chi connectivity index (χ3n) is 3.39. The Balaban J connectivity index is 2.13. The Hall–Kier alpha value is -0.870. The van der Waals surface area contributed by atoms with Gasteiger partial charge in [-0.1, -0.05) is 11.6 Å². The monoisotopic (exact) mass is 254 g/mol. The number of hydrogen-bond donors (Lipinski definition) is 1. The number of halogens is 1. The average Bonchev–Trinajstić information content (AvgIpc) is 2.33. The van der Waals surface area contributed by atoms with Gasteiger partial charge in [-0.15, -0.1) is 5.10 Å².